The highest BCUT2D eigenvalue weighted by atomic mass is 127. The lowest BCUT2D eigenvalue weighted by molar-refractivity contribution is 0.0834. The fraction of sp³-hybridized carbons (Fsp3) is 0.167. The maximum atomic E-state index is 11.9. The highest BCUT2D eigenvalue weighted by molar-refractivity contribution is 14.1. The SMILES string of the molecule is C=C(I)CCN(C#N)C(=O)c1ccccc1. The smallest absolute Gasteiger partial charge is 0.266 e. The predicted octanol–water partition coefficient (Wildman–Crippen LogP) is 2.95. The fourth-order valence-electron chi connectivity index (χ4n) is 1.17. The summed E-state index contributed by atoms with van der Waals surface area (Å²) in [7, 11) is 0. The Hall–Kier alpha value is -1.35. The summed E-state index contributed by atoms with van der Waals surface area (Å²) in [5.41, 5.74) is 0.531. The van der Waals surface area contributed by atoms with Crippen LogP contribution in [0, 0.1) is 11.5 Å². The van der Waals surface area contributed by atoms with E-state index in [9.17, 15) is 4.79 Å². The predicted molar refractivity (Wildman–Crippen MR) is 70.9 cm³/mol. The lowest BCUT2D eigenvalue weighted by Crippen LogP contribution is -2.27. The summed E-state index contributed by atoms with van der Waals surface area (Å²) in [5, 5.41) is 8.89. The van der Waals surface area contributed by atoms with Crippen molar-refractivity contribution in [2.75, 3.05) is 6.54 Å². The molecule has 4 heteroatoms. The van der Waals surface area contributed by atoms with Gasteiger partial charge in [-0.05, 0) is 44.7 Å². The van der Waals surface area contributed by atoms with Gasteiger partial charge < -0.3 is 0 Å². The molecule has 16 heavy (non-hydrogen) atoms. The molecule has 0 bridgehead atoms. The summed E-state index contributed by atoms with van der Waals surface area (Å²) in [6, 6.07) is 8.79. The van der Waals surface area contributed by atoms with Gasteiger partial charge in [0.1, 0.15) is 0 Å². The van der Waals surface area contributed by atoms with Gasteiger partial charge in [0, 0.05) is 12.1 Å². The molecule has 0 aliphatic heterocycles. The van der Waals surface area contributed by atoms with E-state index in [1.54, 1.807) is 24.3 Å². The van der Waals surface area contributed by atoms with Gasteiger partial charge in [0.15, 0.2) is 6.19 Å². The molecule has 0 aliphatic carbocycles. The van der Waals surface area contributed by atoms with E-state index in [1.807, 2.05) is 12.3 Å². The molecule has 0 radical (unpaired) electrons. The summed E-state index contributed by atoms with van der Waals surface area (Å²) in [4.78, 5) is 13.0. The normalized spacial score (nSPS) is 9.25. The Morgan fingerprint density at radius 3 is 2.56 bits per heavy atom. The van der Waals surface area contributed by atoms with Crippen molar-refractivity contribution < 1.29 is 4.79 Å². The van der Waals surface area contributed by atoms with Crippen molar-refractivity contribution in [2.24, 2.45) is 0 Å². The second kappa shape index (κ2) is 6.28. The first-order valence-electron chi connectivity index (χ1n) is 4.75. The first kappa shape index (κ1) is 12.7. The molecule has 82 valence electrons. The Balaban J connectivity index is 2.71. The molecule has 1 rings (SSSR count). The van der Waals surface area contributed by atoms with E-state index >= 15 is 0 Å². The molecular weight excluding hydrogens is 315 g/mol. The molecular formula is C12H11IN2O. The summed E-state index contributed by atoms with van der Waals surface area (Å²) in [6.45, 7) is 4.11. The van der Waals surface area contributed by atoms with Crippen LogP contribution in [0.1, 0.15) is 16.8 Å². The Bertz CT molecular complexity index is 422. The zero-order chi connectivity index (χ0) is 12.0. The van der Waals surface area contributed by atoms with Crippen LogP contribution in [0.25, 0.3) is 0 Å². The average molecular weight is 326 g/mol. The number of carbonyl (C=O) groups is 1. The molecule has 0 N–H and O–H groups in total. The second-order valence-electron chi connectivity index (χ2n) is 3.19. The molecule has 0 unspecified atom stereocenters. The van der Waals surface area contributed by atoms with Crippen molar-refractivity contribution in [3.63, 3.8) is 0 Å². The molecule has 1 aromatic carbocycles. The minimum Gasteiger partial charge on any atom is -0.268 e. The van der Waals surface area contributed by atoms with Crippen molar-refractivity contribution >= 4 is 28.5 Å². The molecule has 0 fully saturated rings. The van der Waals surface area contributed by atoms with Gasteiger partial charge >= 0.3 is 0 Å². The first-order valence-corrected chi connectivity index (χ1v) is 5.83. The van der Waals surface area contributed by atoms with Crippen LogP contribution < -0.4 is 0 Å². The van der Waals surface area contributed by atoms with E-state index in [1.165, 1.54) is 0 Å². The number of benzene rings is 1. The maximum absolute atomic E-state index is 11.9. The highest BCUT2D eigenvalue weighted by Gasteiger charge is 2.14. The molecule has 0 atom stereocenters. The number of nitrogens with zero attached hydrogens (tertiary/aromatic N) is 2. The summed E-state index contributed by atoms with van der Waals surface area (Å²) >= 11 is 2.09. The maximum Gasteiger partial charge on any atom is 0.266 e. The van der Waals surface area contributed by atoms with Crippen LogP contribution in [-0.4, -0.2) is 17.4 Å². The van der Waals surface area contributed by atoms with E-state index in [0.717, 1.165) is 8.48 Å². The van der Waals surface area contributed by atoms with Crippen LogP contribution in [0.2, 0.25) is 0 Å². The van der Waals surface area contributed by atoms with Gasteiger partial charge in [-0.25, -0.2) is 4.90 Å². The van der Waals surface area contributed by atoms with E-state index in [0.29, 0.717) is 18.5 Å². The zero-order valence-corrected chi connectivity index (χ0v) is 10.8. The van der Waals surface area contributed by atoms with Crippen LogP contribution in [0.15, 0.2) is 40.5 Å². The quantitative estimate of drug-likeness (QED) is 0.485. The largest absolute Gasteiger partial charge is 0.268 e. The van der Waals surface area contributed by atoms with Crippen LogP contribution in [0.3, 0.4) is 0 Å². The minimum absolute atomic E-state index is 0.263. The molecule has 0 spiro atoms. The number of rotatable bonds is 4. The van der Waals surface area contributed by atoms with Crippen LogP contribution >= 0.6 is 22.6 Å². The van der Waals surface area contributed by atoms with E-state index in [-0.39, 0.29) is 5.91 Å². The number of carbonyl (C=O) groups excluding carboxylic acids is 1. The lowest BCUT2D eigenvalue weighted by atomic mass is 10.2. The molecule has 1 aromatic rings. The van der Waals surface area contributed by atoms with Crippen LogP contribution in [0.5, 0.6) is 0 Å². The van der Waals surface area contributed by atoms with Gasteiger partial charge in [-0.1, -0.05) is 24.8 Å². The molecule has 0 saturated carbocycles. The standard InChI is InChI=1S/C12H11IN2O/c1-10(13)7-8-15(9-14)12(16)11-5-3-2-4-6-11/h2-6H,1,7-8H2. The summed E-state index contributed by atoms with van der Waals surface area (Å²) in [6.07, 6.45) is 2.53. The van der Waals surface area contributed by atoms with E-state index in [2.05, 4.69) is 29.2 Å². The van der Waals surface area contributed by atoms with Crippen molar-refractivity contribution in [3.05, 3.63) is 46.1 Å². The Morgan fingerprint density at radius 1 is 1.44 bits per heavy atom. The third-order valence-electron chi connectivity index (χ3n) is 1.99. The molecule has 0 heterocycles. The molecule has 1 amide bonds. The number of nitriles is 1. The second-order valence-corrected chi connectivity index (χ2v) is 4.72. The van der Waals surface area contributed by atoms with Gasteiger partial charge in [0.05, 0.1) is 0 Å². The first-order chi connectivity index (χ1) is 7.65. The van der Waals surface area contributed by atoms with Gasteiger partial charge in [-0.15, -0.1) is 0 Å². The highest BCUT2D eigenvalue weighted by Crippen LogP contribution is 2.10. The lowest BCUT2D eigenvalue weighted by Gasteiger charge is -2.13. The minimum atomic E-state index is -0.263. The van der Waals surface area contributed by atoms with Gasteiger partial charge in [-0.2, -0.15) is 5.26 Å². The van der Waals surface area contributed by atoms with Crippen molar-refractivity contribution in [2.45, 2.75) is 6.42 Å². The van der Waals surface area contributed by atoms with Crippen molar-refractivity contribution in [1.29, 1.82) is 5.26 Å². The van der Waals surface area contributed by atoms with Crippen molar-refractivity contribution in [1.82, 2.24) is 4.90 Å². The third-order valence-corrected chi connectivity index (χ3v) is 2.53. The van der Waals surface area contributed by atoms with Crippen LogP contribution in [-0.2, 0) is 0 Å². The van der Waals surface area contributed by atoms with Crippen molar-refractivity contribution in [3.8, 4) is 6.19 Å². The molecule has 3 nitrogen and oxygen atoms in total. The van der Waals surface area contributed by atoms with E-state index in [4.69, 9.17) is 5.26 Å². The summed E-state index contributed by atoms with van der Waals surface area (Å²) < 4.78 is 0.929. The zero-order valence-electron chi connectivity index (χ0n) is 8.69. The Morgan fingerprint density at radius 2 is 2.06 bits per heavy atom. The number of hydrogen-bond donors (Lipinski definition) is 0. The summed E-state index contributed by atoms with van der Waals surface area (Å²) in [5.74, 6) is -0.263. The van der Waals surface area contributed by atoms with E-state index < -0.39 is 0 Å². The fourth-order valence-corrected chi connectivity index (χ4v) is 1.41. The van der Waals surface area contributed by atoms with Gasteiger partial charge in [0.25, 0.3) is 5.91 Å². The monoisotopic (exact) mass is 326 g/mol. The molecule has 0 saturated heterocycles. The van der Waals surface area contributed by atoms with Gasteiger partial charge in [-0.3, -0.25) is 4.79 Å². The number of amides is 1. The van der Waals surface area contributed by atoms with Gasteiger partial charge in [0.2, 0.25) is 0 Å². The number of halogens is 1. The van der Waals surface area contributed by atoms with Crippen LogP contribution in [0.4, 0.5) is 0 Å². The Kier molecular flexibility index (Phi) is 4.99. The third kappa shape index (κ3) is 3.66. The topological polar surface area (TPSA) is 44.1 Å². The molecule has 0 aromatic heterocycles. The Labute approximate surface area is 109 Å². The molecule has 0 aliphatic rings. The average Bonchev–Trinajstić information content (AvgIpc) is 2.30. The number of hydrogen-bond acceptors (Lipinski definition) is 2.